The smallest absolute Gasteiger partial charge is 0.0432 e. The van der Waals surface area contributed by atoms with Gasteiger partial charge in [0, 0.05) is 24.6 Å². The number of fused-ring (bicyclic) bond motifs is 1. The summed E-state index contributed by atoms with van der Waals surface area (Å²) in [6.07, 6.45) is 0. The summed E-state index contributed by atoms with van der Waals surface area (Å²) in [6, 6.07) is 35.8. The van der Waals surface area contributed by atoms with Crippen LogP contribution in [0.2, 0.25) is 0 Å². The zero-order valence-electron chi connectivity index (χ0n) is 17.1. The average Bonchev–Trinajstić information content (AvgIpc) is 3.23. The fourth-order valence-electron chi connectivity index (χ4n) is 5.16. The Balaban J connectivity index is 1.58. The van der Waals surface area contributed by atoms with E-state index in [0.29, 0.717) is 0 Å². The van der Waals surface area contributed by atoms with Crippen molar-refractivity contribution < 1.29 is 0 Å². The van der Waals surface area contributed by atoms with Gasteiger partial charge in [0.05, 0.1) is 0 Å². The Morgan fingerprint density at radius 1 is 0.469 bits per heavy atom. The Kier molecular flexibility index (Phi) is 4.08. The Bertz CT molecular complexity index is 1770. The number of halogens is 1. The molecule has 0 spiro atoms. The Morgan fingerprint density at radius 3 is 1.91 bits per heavy atom. The summed E-state index contributed by atoms with van der Waals surface area (Å²) in [4.78, 5) is 0. The molecule has 0 N–H and O–H groups in total. The minimum absolute atomic E-state index is 1.29. The third-order valence-corrected chi connectivity index (χ3v) is 8.93. The highest BCUT2D eigenvalue weighted by atomic mass is 127. The molecule has 1 heterocycles. The zero-order chi connectivity index (χ0) is 21.2. The number of benzene rings is 6. The first-order valence-electron chi connectivity index (χ1n) is 10.7. The summed E-state index contributed by atoms with van der Waals surface area (Å²) in [6.45, 7) is 0. The van der Waals surface area contributed by atoms with Gasteiger partial charge in [0.15, 0.2) is 0 Å². The van der Waals surface area contributed by atoms with Crippen LogP contribution in [0.3, 0.4) is 0 Å². The maximum atomic E-state index is 2.45. The molecule has 7 aromatic rings. The molecule has 0 nitrogen and oxygen atoms in total. The van der Waals surface area contributed by atoms with Gasteiger partial charge in [-0.1, -0.05) is 97.1 Å². The van der Waals surface area contributed by atoms with E-state index >= 15 is 0 Å². The van der Waals surface area contributed by atoms with Gasteiger partial charge in [0.1, 0.15) is 0 Å². The van der Waals surface area contributed by atoms with E-state index in [2.05, 4.69) is 125 Å². The molecule has 150 valence electrons. The molecule has 0 amide bonds. The third kappa shape index (κ3) is 2.60. The number of thiophene rings is 1. The van der Waals surface area contributed by atoms with E-state index in [4.69, 9.17) is 0 Å². The average molecular weight is 536 g/mol. The van der Waals surface area contributed by atoms with Gasteiger partial charge in [-0.25, -0.2) is 0 Å². The van der Waals surface area contributed by atoms with Crippen molar-refractivity contribution in [3.63, 3.8) is 0 Å². The van der Waals surface area contributed by atoms with Gasteiger partial charge in [0.25, 0.3) is 0 Å². The van der Waals surface area contributed by atoms with Crippen LogP contribution >= 0.6 is 33.9 Å². The van der Waals surface area contributed by atoms with Gasteiger partial charge < -0.3 is 0 Å². The predicted molar refractivity (Wildman–Crippen MR) is 149 cm³/mol. The highest BCUT2D eigenvalue weighted by Crippen LogP contribution is 2.44. The van der Waals surface area contributed by atoms with Gasteiger partial charge >= 0.3 is 0 Å². The lowest BCUT2D eigenvalue weighted by molar-refractivity contribution is 1.64. The van der Waals surface area contributed by atoms with E-state index in [1.807, 2.05) is 11.3 Å². The fraction of sp³-hybridized carbons (Fsp3) is 0. The maximum absolute atomic E-state index is 2.45. The van der Waals surface area contributed by atoms with Crippen LogP contribution in [-0.2, 0) is 0 Å². The first kappa shape index (κ1) is 18.6. The first-order chi connectivity index (χ1) is 15.8. The molecule has 0 aliphatic rings. The summed E-state index contributed by atoms with van der Waals surface area (Å²) in [5.74, 6) is 0. The van der Waals surface area contributed by atoms with Gasteiger partial charge in [0.2, 0.25) is 0 Å². The number of rotatable bonds is 2. The minimum Gasteiger partial charge on any atom is -0.142 e. The van der Waals surface area contributed by atoms with E-state index < -0.39 is 0 Å². The SMILES string of the molecule is Ic1csc2c(-c3ccccc3-c3ccc4ccc5cccc6ccc3c4c56)cccc12. The monoisotopic (exact) mass is 536 g/mol. The summed E-state index contributed by atoms with van der Waals surface area (Å²) < 4.78 is 2.69. The molecule has 0 aliphatic carbocycles. The lowest BCUT2D eigenvalue weighted by atomic mass is 9.87. The van der Waals surface area contributed by atoms with Crippen LogP contribution in [0.5, 0.6) is 0 Å². The lowest BCUT2D eigenvalue weighted by Gasteiger charge is -2.16. The van der Waals surface area contributed by atoms with Gasteiger partial charge in [-0.05, 0) is 71.6 Å². The van der Waals surface area contributed by atoms with E-state index in [1.165, 1.54) is 68.2 Å². The summed E-state index contributed by atoms with van der Waals surface area (Å²) in [7, 11) is 0. The van der Waals surface area contributed by atoms with E-state index in [9.17, 15) is 0 Å². The zero-order valence-corrected chi connectivity index (χ0v) is 20.1. The fourth-order valence-corrected chi connectivity index (χ4v) is 7.13. The summed E-state index contributed by atoms with van der Waals surface area (Å²) in [5, 5.41) is 11.6. The molecule has 0 saturated carbocycles. The molecule has 0 unspecified atom stereocenters. The first-order valence-corrected chi connectivity index (χ1v) is 12.7. The van der Waals surface area contributed by atoms with Crippen LogP contribution in [0.4, 0.5) is 0 Å². The second-order valence-electron chi connectivity index (χ2n) is 8.28. The molecule has 0 radical (unpaired) electrons. The summed E-state index contributed by atoms with van der Waals surface area (Å²) in [5.41, 5.74) is 5.21. The Morgan fingerprint density at radius 2 is 1.09 bits per heavy atom. The van der Waals surface area contributed by atoms with Crippen molar-refractivity contribution in [1.82, 2.24) is 0 Å². The van der Waals surface area contributed by atoms with Crippen molar-refractivity contribution in [1.29, 1.82) is 0 Å². The number of hydrogen-bond acceptors (Lipinski definition) is 1. The molecule has 0 fully saturated rings. The van der Waals surface area contributed by atoms with Crippen LogP contribution < -0.4 is 0 Å². The van der Waals surface area contributed by atoms with E-state index in [0.717, 1.165) is 0 Å². The van der Waals surface area contributed by atoms with Crippen molar-refractivity contribution in [2.45, 2.75) is 0 Å². The molecule has 0 atom stereocenters. The van der Waals surface area contributed by atoms with Gasteiger partial charge in [-0.15, -0.1) is 11.3 Å². The highest BCUT2D eigenvalue weighted by molar-refractivity contribution is 14.1. The van der Waals surface area contributed by atoms with E-state index in [-0.39, 0.29) is 0 Å². The largest absolute Gasteiger partial charge is 0.142 e. The second-order valence-corrected chi connectivity index (χ2v) is 10.3. The molecule has 6 aromatic carbocycles. The van der Waals surface area contributed by atoms with Crippen molar-refractivity contribution in [3.05, 3.63) is 106 Å². The van der Waals surface area contributed by atoms with Gasteiger partial charge in [-0.2, -0.15) is 0 Å². The molecular weight excluding hydrogens is 519 g/mol. The molecule has 1 aromatic heterocycles. The molecule has 0 aliphatic heterocycles. The molecule has 0 bridgehead atoms. The predicted octanol–water partition coefficient (Wildman–Crippen LogP) is 9.74. The van der Waals surface area contributed by atoms with Crippen LogP contribution in [0.1, 0.15) is 0 Å². The maximum Gasteiger partial charge on any atom is 0.0432 e. The molecule has 2 heteroatoms. The van der Waals surface area contributed by atoms with Crippen molar-refractivity contribution in [2.75, 3.05) is 0 Å². The van der Waals surface area contributed by atoms with E-state index in [1.54, 1.807) is 0 Å². The topological polar surface area (TPSA) is 0 Å². The van der Waals surface area contributed by atoms with Crippen LogP contribution in [0.15, 0.2) is 102 Å². The van der Waals surface area contributed by atoms with Crippen LogP contribution in [0.25, 0.3) is 64.7 Å². The molecular formula is C30H17IS. The van der Waals surface area contributed by atoms with Crippen molar-refractivity contribution in [2.24, 2.45) is 0 Å². The normalized spacial score (nSPS) is 11.9. The molecule has 32 heavy (non-hydrogen) atoms. The Hall–Kier alpha value is -2.95. The Labute approximate surface area is 203 Å². The molecule has 7 rings (SSSR count). The number of hydrogen-bond donors (Lipinski definition) is 0. The van der Waals surface area contributed by atoms with Crippen LogP contribution in [-0.4, -0.2) is 0 Å². The van der Waals surface area contributed by atoms with Crippen molar-refractivity contribution in [3.8, 4) is 22.3 Å². The second kappa shape index (κ2) is 7.03. The summed E-state index contributed by atoms with van der Waals surface area (Å²) >= 11 is 4.29. The quantitative estimate of drug-likeness (QED) is 0.152. The lowest BCUT2D eigenvalue weighted by Crippen LogP contribution is -1.89. The standard InChI is InChI=1S/C30H17IS/c31-27-17-32-30-25(9-4-10-26(27)30)22-8-2-1-7-21(22)23-15-13-20-12-11-18-5-3-6-19-14-16-24(23)29(20)28(18)19/h1-17H. The molecule has 0 saturated heterocycles. The van der Waals surface area contributed by atoms with Gasteiger partial charge in [-0.3, -0.25) is 0 Å². The van der Waals surface area contributed by atoms with Crippen LogP contribution in [0, 0.1) is 3.57 Å². The third-order valence-electron chi connectivity index (χ3n) is 6.59. The highest BCUT2D eigenvalue weighted by Gasteiger charge is 2.16. The minimum atomic E-state index is 1.29. The van der Waals surface area contributed by atoms with Crippen molar-refractivity contribution >= 4 is 76.3 Å².